The highest BCUT2D eigenvalue weighted by molar-refractivity contribution is 6.35. The number of esters is 1. The number of rotatable bonds is 3. The first kappa shape index (κ1) is 12.8. The van der Waals surface area contributed by atoms with Crippen LogP contribution in [-0.2, 0) is 14.3 Å². The summed E-state index contributed by atoms with van der Waals surface area (Å²) < 4.78 is 4.52. The second-order valence-corrected chi connectivity index (χ2v) is 3.86. The summed E-state index contributed by atoms with van der Waals surface area (Å²) in [7, 11) is 0. The molecule has 0 bridgehead atoms. The van der Waals surface area contributed by atoms with E-state index in [0.29, 0.717) is 15.7 Å². The summed E-state index contributed by atoms with van der Waals surface area (Å²) in [4.78, 5) is 21.7. The lowest BCUT2D eigenvalue weighted by Crippen LogP contribution is -2.19. The van der Waals surface area contributed by atoms with Gasteiger partial charge in [0.2, 0.25) is 0 Å². The molecule has 1 aromatic rings. The van der Waals surface area contributed by atoms with Gasteiger partial charge in [0.1, 0.15) is 0 Å². The van der Waals surface area contributed by atoms with E-state index in [2.05, 4.69) is 10.1 Å². The highest BCUT2D eigenvalue weighted by atomic mass is 35.5. The number of nitrogens with one attached hydrogen (secondary N) is 1. The standard InChI is InChI=1S/C10H9Cl2NO3/c1-6(14)16-5-10(15)13-9-3-7(11)2-8(12)4-9/h2-4H,5H2,1H3,(H,13,15). The Morgan fingerprint density at radius 2 is 1.81 bits per heavy atom. The van der Waals surface area contributed by atoms with Gasteiger partial charge < -0.3 is 10.1 Å². The van der Waals surface area contributed by atoms with Crippen molar-refractivity contribution in [2.75, 3.05) is 11.9 Å². The molecule has 0 spiro atoms. The summed E-state index contributed by atoms with van der Waals surface area (Å²) in [5.74, 6) is -0.965. The van der Waals surface area contributed by atoms with Gasteiger partial charge in [-0.15, -0.1) is 0 Å². The monoisotopic (exact) mass is 261 g/mol. The van der Waals surface area contributed by atoms with Crippen LogP contribution in [-0.4, -0.2) is 18.5 Å². The zero-order chi connectivity index (χ0) is 12.1. The Hall–Kier alpha value is -1.26. The van der Waals surface area contributed by atoms with Crippen LogP contribution in [0, 0.1) is 0 Å². The van der Waals surface area contributed by atoms with Gasteiger partial charge in [-0.25, -0.2) is 0 Å². The predicted molar refractivity (Wildman–Crippen MR) is 61.7 cm³/mol. The van der Waals surface area contributed by atoms with Crippen molar-refractivity contribution in [3.8, 4) is 0 Å². The van der Waals surface area contributed by atoms with Crippen molar-refractivity contribution in [2.24, 2.45) is 0 Å². The third-order valence-electron chi connectivity index (χ3n) is 1.55. The van der Waals surface area contributed by atoms with E-state index >= 15 is 0 Å². The Labute approximate surface area is 102 Å². The Morgan fingerprint density at radius 1 is 1.25 bits per heavy atom. The molecule has 0 aromatic heterocycles. The highest BCUT2D eigenvalue weighted by Crippen LogP contribution is 2.22. The molecule has 0 saturated carbocycles. The third-order valence-corrected chi connectivity index (χ3v) is 1.99. The molecule has 86 valence electrons. The van der Waals surface area contributed by atoms with Crippen LogP contribution in [0.1, 0.15) is 6.92 Å². The van der Waals surface area contributed by atoms with Crippen molar-refractivity contribution in [3.05, 3.63) is 28.2 Å². The minimum absolute atomic E-state index is 0.334. The number of ether oxygens (including phenoxy) is 1. The van der Waals surface area contributed by atoms with Gasteiger partial charge in [-0.2, -0.15) is 0 Å². The molecule has 0 aliphatic carbocycles. The van der Waals surface area contributed by atoms with Crippen LogP contribution in [0.25, 0.3) is 0 Å². The summed E-state index contributed by atoms with van der Waals surface area (Å²) in [6, 6.07) is 4.63. The van der Waals surface area contributed by atoms with E-state index in [1.165, 1.54) is 6.92 Å². The first-order valence-corrected chi connectivity index (χ1v) is 5.12. The number of benzene rings is 1. The van der Waals surface area contributed by atoms with Crippen LogP contribution in [0.5, 0.6) is 0 Å². The normalized spacial score (nSPS) is 9.69. The fraction of sp³-hybridized carbons (Fsp3) is 0.200. The first-order valence-electron chi connectivity index (χ1n) is 4.36. The maximum atomic E-state index is 11.3. The molecule has 0 unspecified atom stereocenters. The second kappa shape index (κ2) is 5.72. The number of amides is 1. The molecule has 4 nitrogen and oxygen atoms in total. The number of hydrogen-bond donors (Lipinski definition) is 1. The minimum atomic E-state index is -0.515. The van der Waals surface area contributed by atoms with E-state index in [4.69, 9.17) is 23.2 Å². The van der Waals surface area contributed by atoms with Crippen LogP contribution < -0.4 is 5.32 Å². The average molecular weight is 262 g/mol. The molecule has 0 heterocycles. The van der Waals surface area contributed by atoms with Gasteiger partial charge in [0.15, 0.2) is 6.61 Å². The highest BCUT2D eigenvalue weighted by Gasteiger charge is 2.05. The summed E-state index contributed by atoms with van der Waals surface area (Å²) in [6.07, 6.45) is 0. The van der Waals surface area contributed by atoms with Gasteiger partial charge in [-0.1, -0.05) is 23.2 Å². The number of anilines is 1. The second-order valence-electron chi connectivity index (χ2n) is 2.99. The molecule has 1 N–H and O–H groups in total. The fourth-order valence-electron chi connectivity index (χ4n) is 0.990. The maximum absolute atomic E-state index is 11.3. The van der Waals surface area contributed by atoms with Gasteiger partial charge in [0.25, 0.3) is 5.91 Å². The van der Waals surface area contributed by atoms with Crippen molar-refractivity contribution in [1.29, 1.82) is 0 Å². The van der Waals surface area contributed by atoms with Crippen molar-refractivity contribution in [3.63, 3.8) is 0 Å². The number of halogens is 2. The van der Waals surface area contributed by atoms with Gasteiger partial charge in [-0.05, 0) is 18.2 Å². The fourth-order valence-corrected chi connectivity index (χ4v) is 1.52. The molecule has 0 atom stereocenters. The molecule has 0 radical (unpaired) electrons. The van der Waals surface area contributed by atoms with Crippen LogP contribution >= 0.6 is 23.2 Å². The smallest absolute Gasteiger partial charge is 0.303 e. The Kier molecular flexibility index (Phi) is 4.58. The van der Waals surface area contributed by atoms with Crippen LogP contribution in [0.3, 0.4) is 0 Å². The number of hydrogen-bond acceptors (Lipinski definition) is 3. The molecule has 1 aromatic carbocycles. The first-order chi connectivity index (χ1) is 7.47. The molecule has 0 fully saturated rings. The molecule has 1 rings (SSSR count). The molecule has 16 heavy (non-hydrogen) atoms. The molecule has 6 heteroatoms. The van der Waals surface area contributed by atoms with E-state index in [-0.39, 0.29) is 6.61 Å². The lowest BCUT2D eigenvalue weighted by atomic mass is 10.3. The van der Waals surface area contributed by atoms with Crippen molar-refractivity contribution in [2.45, 2.75) is 6.92 Å². The summed E-state index contributed by atoms with van der Waals surface area (Å²) in [5.41, 5.74) is 0.453. The quantitative estimate of drug-likeness (QED) is 0.851. The molecule has 1 amide bonds. The Bertz CT molecular complexity index is 400. The average Bonchev–Trinajstić information content (AvgIpc) is 2.12. The van der Waals surface area contributed by atoms with Gasteiger partial charge in [0, 0.05) is 22.7 Å². The molecular weight excluding hydrogens is 253 g/mol. The maximum Gasteiger partial charge on any atom is 0.303 e. The summed E-state index contributed by atoms with van der Waals surface area (Å²) in [5, 5.41) is 3.32. The van der Waals surface area contributed by atoms with Crippen LogP contribution in [0.4, 0.5) is 5.69 Å². The largest absolute Gasteiger partial charge is 0.456 e. The number of carbonyl (C=O) groups excluding carboxylic acids is 2. The molecule has 0 saturated heterocycles. The van der Waals surface area contributed by atoms with Gasteiger partial charge in [-0.3, -0.25) is 9.59 Å². The van der Waals surface area contributed by atoms with E-state index in [1.807, 2.05) is 0 Å². The lowest BCUT2D eigenvalue weighted by molar-refractivity contribution is -0.144. The van der Waals surface area contributed by atoms with Gasteiger partial charge >= 0.3 is 5.97 Å². The minimum Gasteiger partial charge on any atom is -0.456 e. The lowest BCUT2D eigenvalue weighted by Gasteiger charge is -2.06. The molecular formula is C10H9Cl2NO3. The van der Waals surface area contributed by atoms with Crippen molar-refractivity contribution >= 4 is 40.8 Å². The van der Waals surface area contributed by atoms with Gasteiger partial charge in [0.05, 0.1) is 0 Å². The van der Waals surface area contributed by atoms with E-state index in [0.717, 1.165) is 0 Å². The zero-order valence-electron chi connectivity index (χ0n) is 8.42. The van der Waals surface area contributed by atoms with E-state index in [1.54, 1.807) is 18.2 Å². The van der Waals surface area contributed by atoms with E-state index in [9.17, 15) is 9.59 Å². The summed E-state index contributed by atoms with van der Waals surface area (Å²) in [6.45, 7) is 0.892. The molecule has 0 aliphatic rings. The predicted octanol–water partition coefficient (Wildman–Crippen LogP) is 2.50. The van der Waals surface area contributed by atoms with Crippen LogP contribution in [0.15, 0.2) is 18.2 Å². The van der Waals surface area contributed by atoms with E-state index < -0.39 is 11.9 Å². The SMILES string of the molecule is CC(=O)OCC(=O)Nc1cc(Cl)cc(Cl)c1. The zero-order valence-corrected chi connectivity index (χ0v) is 9.93. The van der Waals surface area contributed by atoms with Crippen molar-refractivity contribution in [1.82, 2.24) is 0 Å². The Balaban J connectivity index is 2.59. The number of carbonyl (C=O) groups is 2. The van der Waals surface area contributed by atoms with Crippen molar-refractivity contribution < 1.29 is 14.3 Å². The van der Waals surface area contributed by atoms with Crippen LogP contribution in [0.2, 0.25) is 10.0 Å². The molecule has 0 aliphatic heterocycles. The summed E-state index contributed by atoms with van der Waals surface area (Å²) >= 11 is 11.5. The topological polar surface area (TPSA) is 55.4 Å². The third kappa shape index (κ3) is 4.51. The Morgan fingerprint density at radius 3 is 2.31 bits per heavy atom.